The number of hydrogen-bond acceptors (Lipinski definition) is 4. The maximum atomic E-state index is 13.0. The molecule has 3 aromatic rings. The first-order chi connectivity index (χ1) is 13.2. The van der Waals surface area contributed by atoms with Gasteiger partial charge in [0.2, 0.25) is 0 Å². The Morgan fingerprint density at radius 3 is 2.67 bits per heavy atom. The topological polar surface area (TPSA) is 54.5 Å². The minimum Gasteiger partial charge on any atom is -0.378 e. The molecular formula is C21H20ClN3O2. The first-order valence-electron chi connectivity index (χ1n) is 8.96. The van der Waals surface area contributed by atoms with E-state index in [4.69, 9.17) is 21.3 Å². The third-order valence-corrected chi connectivity index (χ3v) is 5.05. The van der Waals surface area contributed by atoms with Gasteiger partial charge in [0.25, 0.3) is 5.91 Å². The zero-order chi connectivity index (χ0) is 18.6. The third kappa shape index (κ3) is 3.89. The highest BCUT2D eigenvalue weighted by Crippen LogP contribution is 2.24. The Hall–Kier alpha value is -2.63. The first kappa shape index (κ1) is 17.8. The number of halogens is 1. The summed E-state index contributed by atoms with van der Waals surface area (Å²) in [5.74, 6) is 0.669. The summed E-state index contributed by atoms with van der Waals surface area (Å²) in [5.41, 5.74) is 2.32. The summed E-state index contributed by atoms with van der Waals surface area (Å²) in [4.78, 5) is 19.9. The predicted molar refractivity (Wildman–Crippen MR) is 107 cm³/mol. The molecule has 2 heterocycles. The number of nitrogens with one attached hydrogen (secondary N) is 1. The number of carbonyl (C=O) groups excluding carboxylic acids is 1. The molecule has 1 amide bonds. The number of para-hydroxylation sites is 1. The van der Waals surface area contributed by atoms with Crippen LogP contribution in [-0.2, 0) is 11.3 Å². The van der Waals surface area contributed by atoms with E-state index in [1.807, 2.05) is 54.6 Å². The fourth-order valence-corrected chi connectivity index (χ4v) is 3.42. The van der Waals surface area contributed by atoms with Gasteiger partial charge in [-0.3, -0.25) is 4.79 Å². The van der Waals surface area contributed by atoms with Crippen molar-refractivity contribution in [3.05, 3.63) is 70.7 Å². The quantitative estimate of drug-likeness (QED) is 0.749. The van der Waals surface area contributed by atoms with Crippen molar-refractivity contribution in [3.63, 3.8) is 0 Å². The van der Waals surface area contributed by atoms with Crippen LogP contribution in [0.25, 0.3) is 10.9 Å². The number of hydrogen-bond donors (Lipinski definition) is 1. The first-order valence-corrected chi connectivity index (χ1v) is 9.34. The van der Waals surface area contributed by atoms with Crippen LogP contribution >= 0.6 is 11.6 Å². The Morgan fingerprint density at radius 1 is 1.11 bits per heavy atom. The second-order valence-corrected chi connectivity index (χ2v) is 6.83. The molecule has 0 radical (unpaired) electrons. The van der Waals surface area contributed by atoms with E-state index in [0.717, 1.165) is 35.4 Å². The highest BCUT2D eigenvalue weighted by molar-refractivity contribution is 6.31. The number of benzene rings is 2. The Kier molecular flexibility index (Phi) is 5.23. The number of ether oxygens (including phenoxy) is 1. The van der Waals surface area contributed by atoms with E-state index in [2.05, 4.69) is 10.2 Å². The molecule has 1 aliphatic heterocycles. The molecule has 27 heavy (non-hydrogen) atoms. The van der Waals surface area contributed by atoms with Crippen LogP contribution in [-0.4, -0.2) is 37.2 Å². The standard InChI is InChI=1S/C21H20ClN3O2/c22-18-7-3-1-5-15(18)14-23-21(26)17-13-20(25-9-11-27-12-10-25)24-19-8-4-2-6-16(17)19/h1-8,13H,9-12,14H2,(H,23,26). The van der Waals surface area contributed by atoms with Crippen molar-refractivity contribution in [1.29, 1.82) is 0 Å². The molecule has 0 saturated carbocycles. The Labute approximate surface area is 162 Å². The van der Waals surface area contributed by atoms with Gasteiger partial charge in [-0.1, -0.05) is 48.0 Å². The summed E-state index contributed by atoms with van der Waals surface area (Å²) < 4.78 is 5.42. The lowest BCUT2D eigenvalue weighted by Crippen LogP contribution is -2.37. The molecule has 0 atom stereocenters. The molecule has 0 bridgehead atoms. The van der Waals surface area contributed by atoms with Gasteiger partial charge in [-0.15, -0.1) is 0 Å². The van der Waals surface area contributed by atoms with Gasteiger partial charge in [0.15, 0.2) is 0 Å². The van der Waals surface area contributed by atoms with Gasteiger partial charge in [-0.25, -0.2) is 4.98 Å². The molecule has 5 nitrogen and oxygen atoms in total. The van der Waals surface area contributed by atoms with Crippen molar-refractivity contribution < 1.29 is 9.53 Å². The van der Waals surface area contributed by atoms with Crippen molar-refractivity contribution in [2.75, 3.05) is 31.2 Å². The van der Waals surface area contributed by atoms with Crippen molar-refractivity contribution in [1.82, 2.24) is 10.3 Å². The molecule has 6 heteroatoms. The second kappa shape index (κ2) is 7.94. The van der Waals surface area contributed by atoms with E-state index in [-0.39, 0.29) is 5.91 Å². The molecule has 1 N–H and O–H groups in total. The lowest BCUT2D eigenvalue weighted by molar-refractivity contribution is 0.0952. The smallest absolute Gasteiger partial charge is 0.252 e. The summed E-state index contributed by atoms with van der Waals surface area (Å²) in [7, 11) is 0. The SMILES string of the molecule is O=C(NCc1ccccc1Cl)c1cc(N2CCOCC2)nc2ccccc12. The molecule has 4 rings (SSSR count). The van der Waals surface area contributed by atoms with Crippen molar-refractivity contribution >= 4 is 34.2 Å². The molecule has 2 aromatic carbocycles. The molecule has 0 unspecified atom stereocenters. The van der Waals surface area contributed by atoms with E-state index < -0.39 is 0 Å². The van der Waals surface area contributed by atoms with Crippen LogP contribution in [0.5, 0.6) is 0 Å². The maximum Gasteiger partial charge on any atom is 0.252 e. The molecule has 1 aromatic heterocycles. The van der Waals surface area contributed by atoms with Crippen LogP contribution in [0.1, 0.15) is 15.9 Å². The molecular weight excluding hydrogens is 362 g/mol. The van der Waals surface area contributed by atoms with Crippen molar-refractivity contribution in [2.24, 2.45) is 0 Å². The molecule has 1 aliphatic rings. The molecule has 1 saturated heterocycles. The Balaban J connectivity index is 1.64. The molecule has 1 fully saturated rings. The van der Waals surface area contributed by atoms with Gasteiger partial charge in [-0.2, -0.15) is 0 Å². The van der Waals surface area contributed by atoms with Crippen LogP contribution in [0.2, 0.25) is 5.02 Å². The Morgan fingerprint density at radius 2 is 1.85 bits per heavy atom. The summed E-state index contributed by atoms with van der Waals surface area (Å²) in [6, 6.07) is 17.1. The van der Waals surface area contributed by atoms with Gasteiger partial charge >= 0.3 is 0 Å². The second-order valence-electron chi connectivity index (χ2n) is 6.42. The summed E-state index contributed by atoms with van der Waals surface area (Å²) in [6.45, 7) is 3.26. The number of pyridine rings is 1. The number of aromatic nitrogens is 1. The minimum absolute atomic E-state index is 0.136. The summed E-state index contributed by atoms with van der Waals surface area (Å²) in [5, 5.41) is 4.47. The molecule has 0 spiro atoms. The van der Waals surface area contributed by atoms with Gasteiger partial charge in [-0.05, 0) is 23.8 Å². The zero-order valence-electron chi connectivity index (χ0n) is 14.8. The summed E-state index contributed by atoms with van der Waals surface area (Å²) >= 11 is 6.20. The number of amides is 1. The highest BCUT2D eigenvalue weighted by atomic mass is 35.5. The Bertz CT molecular complexity index is 971. The van der Waals surface area contributed by atoms with Crippen LogP contribution in [0.4, 0.5) is 5.82 Å². The van der Waals surface area contributed by atoms with Crippen LogP contribution in [0.15, 0.2) is 54.6 Å². The number of nitrogens with zero attached hydrogens (tertiary/aromatic N) is 2. The zero-order valence-corrected chi connectivity index (χ0v) is 15.6. The number of anilines is 1. The van der Waals surface area contributed by atoms with E-state index in [9.17, 15) is 4.79 Å². The average molecular weight is 382 g/mol. The fraction of sp³-hybridized carbons (Fsp3) is 0.238. The lowest BCUT2D eigenvalue weighted by Gasteiger charge is -2.28. The summed E-state index contributed by atoms with van der Waals surface area (Å²) in [6.07, 6.45) is 0. The number of rotatable bonds is 4. The maximum absolute atomic E-state index is 13.0. The largest absolute Gasteiger partial charge is 0.378 e. The molecule has 138 valence electrons. The van der Waals surface area contributed by atoms with Gasteiger partial charge in [0, 0.05) is 30.0 Å². The van der Waals surface area contributed by atoms with Gasteiger partial charge in [0.05, 0.1) is 24.3 Å². The lowest BCUT2D eigenvalue weighted by atomic mass is 10.1. The van der Waals surface area contributed by atoms with Gasteiger partial charge < -0.3 is 15.0 Å². The average Bonchev–Trinajstić information content (AvgIpc) is 2.73. The highest BCUT2D eigenvalue weighted by Gasteiger charge is 2.18. The van der Waals surface area contributed by atoms with E-state index in [1.54, 1.807) is 0 Å². The number of morpholine rings is 1. The normalized spacial score (nSPS) is 14.3. The third-order valence-electron chi connectivity index (χ3n) is 4.68. The fourth-order valence-electron chi connectivity index (χ4n) is 3.22. The van der Waals surface area contributed by atoms with Crippen molar-refractivity contribution in [2.45, 2.75) is 6.54 Å². The van der Waals surface area contributed by atoms with E-state index in [1.165, 1.54) is 0 Å². The van der Waals surface area contributed by atoms with Crippen molar-refractivity contribution in [3.8, 4) is 0 Å². The van der Waals surface area contributed by atoms with Crippen LogP contribution < -0.4 is 10.2 Å². The monoisotopic (exact) mass is 381 g/mol. The minimum atomic E-state index is -0.136. The van der Waals surface area contributed by atoms with Crippen LogP contribution in [0, 0.1) is 0 Å². The van der Waals surface area contributed by atoms with E-state index in [0.29, 0.717) is 30.3 Å². The van der Waals surface area contributed by atoms with Gasteiger partial charge in [0.1, 0.15) is 5.82 Å². The van der Waals surface area contributed by atoms with Crippen LogP contribution in [0.3, 0.4) is 0 Å². The molecule has 0 aliphatic carbocycles. The number of carbonyl (C=O) groups is 1. The predicted octanol–water partition coefficient (Wildman–Crippen LogP) is 3.65. The van der Waals surface area contributed by atoms with E-state index >= 15 is 0 Å². The number of fused-ring (bicyclic) bond motifs is 1.